The van der Waals surface area contributed by atoms with Gasteiger partial charge in [0.25, 0.3) is 0 Å². The number of nitrogens with two attached hydrogens (primary N) is 1. The van der Waals surface area contributed by atoms with Crippen LogP contribution in [0.2, 0.25) is 0 Å². The number of para-hydroxylation sites is 1. The molecule has 2 heterocycles. The summed E-state index contributed by atoms with van der Waals surface area (Å²) in [5, 5.41) is 0. The number of nitrogens with zero attached hydrogens (tertiary/aromatic N) is 3. The molecular weight excluding hydrogens is 364 g/mol. The Balaban J connectivity index is 0.00000261. The molecule has 2 N–H and O–H groups in total. The summed E-state index contributed by atoms with van der Waals surface area (Å²) in [6.45, 7) is 9.43. The Kier molecular flexibility index (Phi) is 6.89. The largest absolute Gasteiger partial charge is 0.339 e. The van der Waals surface area contributed by atoms with Crippen molar-refractivity contribution >= 4 is 29.9 Å². The van der Waals surface area contributed by atoms with Crippen LogP contribution < -0.4 is 10.6 Å². The fourth-order valence-corrected chi connectivity index (χ4v) is 3.69. The number of hydrogen-bond acceptors (Lipinski definition) is 4. The van der Waals surface area contributed by atoms with Crippen LogP contribution in [-0.2, 0) is 9.59 Å². The molecule has 2 saturated heterocycles. The van der Waals surface area contributed by atoms with Crippen molar-refractivity contribution in [1.82, 2.24) is 9.80 Å². The molecule has 2 amide bonds. The molecule has 1 aromatic carbocycles. The summed E-state index contributed by atoms with van der Waals surface area (Å²) in [7, 11) is 0. The Morgan fingerprint density at radius 3 is 2.22 bits per heavy atom. The molecule has 2 fully saturated rings. The van der Waals surface area contributed by atoms with Crippen LogP contribution in [-0.4, -0.2) is 66.4 Å². The van der Waals surface area contributed by atoms with E-state index in [9.17, 15) is 9.59 Å². The average Bonchev–Trinajstić information content (AvgIpc) is 3.02. The standard InChI is InChI=1S/C20H30N4O2.ClH/c1-20(2,3)17(21)19(26)23-13-11-22(12-14-23)16-9-10-24(18(16)25)15-7-5-4-6-8-15;/h4-8,16-17H,9-14,21H2,1-3H3;1H/t16?,17-;/m1./s1. The molecule has 0 aliphatic carbocycles. The van der Waals surface area contributed by atoms with Gasteiger partial charge in [-0.25, -0.2) is 0 Å². The van der Waals surface area contributed by atoms with E-state index >= 15 is 0 Å². The van der Waals surface area contributed by atoms with Crippen molar-refractivity contribution in [2.45, 2.75) is 39.3 Å². The Labute approximate surface area is 168 Å². The second-order valence-electron chi connectivity index (χ2n) is 8.33. The van der Waals surface area contributed by atoms with E-state index in [2.05, 4.69) is 4.90 Å². The molecule has 3 rings (SSSR count). The van der Waals surface area contributed by atoms with Gasteiger partial charge in [0.05, 0.1) is 12.1 Å². The van der Waals surface area contributed by atoms with Crippen molar-refractivity contribution < 1.29 is 9.59 Å². The number of halogens is 1. The summed E-state index contributed by atoms with van der Waals surface area (Å²) in [6.07, 6.45) is 0.836. The van der Waals surface area contributed by atoms with Crippen molar-refractivity contribution in [1.29, 1.82) is 0 Å². The third-order valence-electron chi connectivity index (χ3n) is 5.51. The fourth-order valence-electron chi connectivity index (χ4n) is 3.69. The molecule has 2 atom stereocenters. The van der Waals surface area contributed by atoms with E-state index < -0.39 is 6.04 Å². The lowest BCUT2D eigenvalue weighted by Crippen LogP contribution is -2.58. The van der Waals surface area contributed by atoms with Gasteiger partial charge in [-0.1, -0.05) is 39.0 Å². The van der Waals surface area contributed by atoms with E-state index in [4.69, 9.17) is 5.73 Å². The summed E-state index contributed by atoms with van der Waals surface area (Å²) < 4.78 is 0. The topological polar surface area (TPSA) is 69.9 Å². The molecule has 2 aliphatic heterocycles. The second-order valence-corrected chi connectivity index (χ2v) is 8.33. The number of carbonyl (C=O) groups excluding carboxylic acids is 2. The zero-order valence-corrected chi connectivity index (χ0v) is 17.2. The van der Waals surface area contributed by atoms with Gasteiger partial charge in [-0.15, -0.1) is 12.4 Å². The minimum Gasteiger partial charge on any atom is -0.339 e. The van der Waals surface area contributed by atoms with Crippen molar-refractivity contribution in [3.63, 3.8) is 0 Å². The predicted octanol–water partition coefficient (Wildman–Crippen LogP) is 1.73. The highest BCUT2D eigenvalue weighted by Crippen LogP contribution is 2.25. The van der Waals surface area contributed by atoms with Crippen LogP contribution in [0.1, 0.15) is 27.2 Å². The molecular formula is C20H31ClN4O2. The smallest absolute Gasteiger partial charge is 0.244 e. The van der Waals surface area contributed by atoms with Crippen molar-refractivity contribution in [2.24, 2.45) is 11.1 Å². The molecule has 6 nitrogen and oxygen atoms in total. The van der Waals surface area contributed by atoms with Crippen LogP contribution in [0.15, 0.2) is 30.3 Å². The number of rotatable bonds is 3. The highest BCUT2D eigenvalue weighted by molar-refractivity contribution is 5.99. The first-order valence-electron chi connectivity index (χ1n) is 9.44. The molecule has 0 saturated carbocycles. The molecule has 2 aliphatic rings. The molecule has 27 heavy (non-hydrogen) atoms. The van der Waals surface area contributed by atoms with Gasteiger partial charge in [0, 0.05) is 38.4 Å². The molecule has 0 radical (unpaired) electrons. The number of piperazine rings is 1. The lowest BCUT2D eigenvalue weighted by atomic mass is 9.86. The van der Waals surface area contributed by atoms with Crippen molar-refractivity contribution in [2.75, 3.05) is 37.6 Å². The van der Waals surface area contributed by atoms with Crippen LogP contribution in [0.3, 0.4) is 0 Å². The van der Waals surface area contributed by atoms with Gasteiger partial charge in [0.1, 0.15) is 0 Å². The quantitative estimate of drug-likeness (QED) is 0.847. The van der Waals surface area contributed by atoms with Gasteiger partial charge in [0.2, 0.25) is 11.8 Å². The monoisotopic (exact) mass is 394 g/mol. The minimum atomic E-state index is -0.490. The van der Waals surface area contributed by atoms with E-state index in [-0.39, 0.29) is 35.7 Å². The van der Waals surface area contributed by atoms with Crippen LogP contribution in [0, 0.1) is 5.41 Å². The molecule has 0 bridgehead atoms. The highest BCUT2D eigenvalue weighted by atomic mass is 35.5. The number of benzene rings is 1. The summed E-state index contributed by atoms with van der Waals surface area (Å²) in [6, 6.07) is 9.26. The number of anilines is 1. The van der Waals surface area contributed by atoms with E-state index in [1.165, 1.54) is 0 Å². The molecule has 150 valence electrons. The first kappa shape index (κ1) is 21.7. The van der Waals surface area contributed by atoms with Crippen LogP contribution in [0.5, 0.6) is 0 Å². The summed E-state index contributed by atoms with van der Waals surface area (Å²) in [4.78, 5) is 31.4. The Bertz CT molecular complexity index is 654. The second kappa shape index (κ2) is 8.59. The molecule has 7 heteroatoms. The first-order valence-corrected chi connectivity index (χ1v) is 9.44. The fraction of sp³-hybridized carbons (Fsp3) is 0.600. The van der Waals surface area contributed by atoms with Crippen LogP contribution >= 0.6 is 12.4 Å². The maximum atomic E-state index is 12.8. The highest BCUT2D eigenvalue weighted by Gasteiger charge is 2.39. The molecule has 0 aromatic heterocycles. The van der Waals surface area contributed by atoms with E-state index in [1.54, 1.807) is 0 Å². The lowest BCUT2D eigenvalue weighted by Gasteiger charge is -2.39. The van der Waals surface area contributed by atoms with Gasteiger partial charge in [-0.2, -0.15) is 0 Å². The predicted molar refractivity (Wildman–Crippen MR) is 110 cm³/mol. The maximum absolute atomic E-state index is 12.8. The van der Waals surface area contributed by atoms with Gasteiger partial charge >= 0.3 is 0 Å². The summed E-state index contributed by atoms with van der Waals surface area (Å²) in [5.74, 6) is 0.184. The number of carbonyl (C=O) groups is 2. The van der Waals surface area contributed by atoms with Crippen molar-refractivity contribution in [3.8, 4) is 0 Å². The van der Waals surface area contributed by atoms with Gasteiger partial charge in [-0.05, 0) is 24.0 Å². The number of amides is 2. The Hall–Kier alpha value is -1.63. The van der Waals surface area contributed by atoms with E-state index in [0.29, 0.717) is 13.1 Å². The van der Waals surface area contributed by atoms with Gasteiger partial charge in [-0.3, -0.25) is 14.5 Å². The van der Waals surface area contributed by atoms with Crippen LogP contribution in [0.4, 0.5) is 5.69 Å². The zero-order chi connectivity index (χ0) is 18.9. The van der Waals surface area contributed by atoms with Gasteiger partial charge < -0.3 is 15.5 Å². The first-order chi connectivity index (χ1) is 12.3. The molecule has 1 aromatic rings. The van der Waals surface area contributed by atoms with E-state index in [0.717, 1.165) is 31.7 Å². The zero-order valence-electron chi connectivity index (χ0n) is 16.4. The van der Waals surface area contributed by atoms with E-state index in [1.807, 2.05) is 60.9 Å². The Morgan fingerprint density at radius 1 is 1.07 bits per heavy atom. The molecule has 1 unspecified atom stereocenters. The normalized spacial score (nSPS) is 22.5. The number of hydrogen-bond donors (Lipinski definition) is 1. The SMILES string of the molecule is CC(C)(C)[C@H](N)C(=O)N1CCN(C2CCN(c3ccccc3)C2=O)CC1.Cl. The third-order valence-corrected chi connectivity index (χ3v) is 5.51. The maximum Gasteiger partial charge on any atom is 0.244 e. The Morgan fingerprint density at radius 2 is 1.67 bits per heavy atom. The van der Waals surface area contributed by atoms with Gasteiger partial charge in [0.15, 0.2) is 0 Å². The minimum absolute atomic E-state index is 0. The average molecular weight is 395 g/mol. The van der Waals surface area contributed by atoms with Crippen LogP contribution in [0.25, 0.3) is 0 Å². The van der Waals surface area contributed by atoms with Crippen molar-refractivity contribution in [3.05, 3.63) is 30.3 Å². The third kappa shape index (κ3) is 4.62. The summed E-state index contributed by atoms with van der Waals surface area (Å²) >= 11 is 0. The summed E-state index contributed by atoms with van der Waals surface area (Å²) in [5.41, 5.74) is 6.84. The molecule has 0 spiro atoms. The lowest BCUT2D eigenvalue weighted by molar-refractivity contribution is -0.137.